The maximum absolute atomic E-state index is 14.0. The van der Waals surface area contributed by atoms with Crippen LogP contribution in [-0.2, 0) is 23.9 Å². The van der Waals surface area contributed by atoms with Gasteiger partial charge >= 0.3 is 0 Å². The monoisotopic (exact) mass is 440 g/mol. The van der Waals surface area contributed by atoms with Crippen molar-refractivity contribution < 1.29 is 23.9 Å². The molecule has 5 nitrogen and oxygen atoms in total. The van der Waals surface area contributed by atoms with Gasteiger partial charge in [-0.2, -0.15) is 0 Å². The maximum Gasteiger partial charge on any atom is 0.171 e. The van der Waals surface area contributed by atoms with Gasteiger partial charge in [0.05, 0.1) is 12.7 Å². The first kappa shape index (κ1) is 21.2. The van der Waals surface area contributed by atoms with Crippen molar-refractivity contribution in [3.63, 3.8) is 0 Å². The van der Waals surface area contributed by atoms with Gasteiger partial charge in [0.25, 0.3) is 0 Å². The van der Waals surface area contributed by atoms with E-state index in [1.165, 1.54) is 0 Å². The van der Waals surface area contributed by atoms with Gasteiger partial charge in [-0.1, -0.05) is 27.7 Å². The Morgan fingerprint density at radius 3 is 2.53 bits per heavy atom. The molecule has 0 aromatic rings. The Balaban J connectivity index is 1.35. The van der Waals surface area contributed by atoms with E-state index in [1.54, 1.807) is 6.08 Å². The van der Waals surface area contributed by atoms with Crippen LogP contribution in [0, 0.1) is 46.3 Å². The molecule has 3 saturated carbocycles. The first-order valence-electron chi connectivity index (χ1n) is 12.7. The molecule has 2 aliphatic heterocycles. The van der Waals surface area contributed by atoms with Crippen molar-refractivity contribution in [3.8, 4) is 0 Å². The van der Waals surface area contributed by atoms with Gasteiger partial charge in [-0.15, -0.1) is 0 Å². The van der Waals surface area contributed by atoms with Crippen molar-refractivity contribution in [2.75, 3.05) is 6.61 Å². The zero-order valence-electron chi connectivity index (χ0n) is 19.8. The summed E-state index contributed by atoms with van der Waals surface area (Å²) in [5, 5.41) is 0. The highest BCUT2D eigenvalue weighted by molar-refractivity contribution is 6.06. The summed E-state index contributed by atoms with van der Waals surface area (Å²) in [6.45, 7) is 9.49. The average Bonchev–Trinajstić information content (AvgIpc) is 3.19. The number of ether oxygens (including phenoxy) is 2. The van der Waals surface area contributed by atoms with Gasteiger partial charge in [-0.3, -0.25) is 14.4 Å². The summed E-state index contributed by atoms with van der Waals surface area (Å²) in [6, 6.07) is 0. The summed E-state index contributed by atoms with van der Waals surface area (Å²) in [7, 11) is 0. The number of Topliss-reactive ketones (excluding diaryl/α,β-unsaturated/α-hetero) is 2. The lowest BCUT2D eigenvalue weighted by molar-refractivity contribution is -0.272. The first-order valence-corrected chi connectivity index (χ1v) is 12.7. The van der Waals surface area contributed by atoms with Gasteiger partial charge in [-0.25, -0.2) is 0 Å². The highest BCUT2D eigenvalue weighted by atomic mass is 16.7. The zero-order chi connectivity index (χ0) is 22.6. The maximum atomic E-state index is 14.0. The minimum Gasteiger partial charge on any atom is -0.349 e. The summed E-state index contributed by atoms with van der Waals surface area (Å²) < 4.78 is 13.1. The fraction of sp³-hybridized carbons (Fsp3) is 0.815. The van der Waals surface area contributed by atoms with Crippen molar-refractivity contribution in [1.82, 2.24) is 0 Å². The third kappa shape index (κ3) is 2.50. The summed E-state index contributed by atoms with van der Waals surface area (Å²) >= 11 is 0. The van der Waals surface area contributed by atoms with Crippen molar-refractivity contribution in [2.24, 2.45) is 46.3 Å². The Morgan fingerprint density at radius 2 is 1.81 bits per heavy atom. The standard InChI is InChI=1S/C27H36O5/c1-14-5-8-27(31-13-14)15(2)24-22(32-27)11-19-17-10-21(29)20-9-16(28)6-7-25(20,3)18(17)12-23(30)26(19,24)4/h9,14-15,17-19,22,24H,5-8,10-13H2,1-4H3. The average molecular weight is 441 g/mol. The molecule has 6 aliphatic rings. The van der Waals surface area contributed by atoms with E-state index in [-0.39, 0.29) is 52.7 Å². The normalized spacial score (nSPS) is 54.7. The van der Waals surface area contributed by atoms with Gasteiger partial charge in [-0.05, 0) is 49.0 Å². The third-order valence-electron chi connectivity index (χ3n) is 10.9. The lowest BCUT2D eigenvalue weighted by atomic mass is 9.45. The highest BCUT2D eigenvalue weighted by Gasteiger charge is 2.72. The molecule has 10 unspecified atom stereocenters. The molecule has 32 heavy (non-hydrogen) atoms. The molecule has 6 rings (SSSR count). The number of allylic oxidation sites excluding steroid dienone is 1. The summed E-state index contributed by atoms with van der Waals surface area (Å²) in [6.07, 6.45) is 6.65. The molecular weight excluding hydrogens is 404 g/mol. The second kappa shape index (κ2) is 6.63. The van der Waals surface area contributed by atoms with Gasteiger partial charge in [0.1, 0.15) is 5.78 Å². The lowest BCUT2D eigenvalue weighted by Crippen LogP contribution is -2.57. The van der Waals surface area contributed by atoms with E-state index in [0.717, 1.165) is 25.9 Å². The molecule has 0 N–H and O–H groups in total. The van der Waals surface area contributed by atoms with Gasteiger partial charge < -0.3 is 9.47 Å². The number of rotatable bonds is 0. The van der Waals surface area contributed by atoms with Crippen LogP contribution in [0.3, 0.4) is 0 Å². The van der Waals surface area contributed by atoms with Crippen molar-refractivity contribution in [1.29, 1.82) is 0 Å². The summed E-state index contributed by atoms with van der Waals surface area (Å²) in [4.78, 5) is 39.3. The molecule has 10 atom stereocenters. The zero-order valence-corrected chi connectivity index (χ0v) is 19.8. The van der Waals surface area contributed by atoms with Gasteiger partial charge in [0, 0.05) is 53.9 Å². The van der Waals surface area contributed by atoms with Crippen molar-refractivity contribution in [2.45, 2.75) is 84.5 Å². The van der Waals surface area contributed by atoms with E-state index in [1.807, 2.05) is 0 Å². The van der Waals surface area contributed by atoms with E-state index in [2.05, 4.69) is 27.7 Å². The van der Waals surface area contributed by atoms with Crippen molar-refractivity contribution in [3.05, 3.63) is 11.6 Å². The number of hydrogen-bond donors (Lipinski definition) is 0. The molecule has 2 heterocycles. The van der Waals surface area contributed by atoms with Crippen LogP contribution in [-0.4, -0.2) is 35.8 Å². The highest BCUT2D eigenvalue weighted by Crippen LogP contribution is 2.69. The van der Waals surface area contributed by atoms with Crippen LogP contribution in [0.25, 0.3) is 0 Å². The Morgan fingerprint density at radius 1 is 1.03 bits per heavy atom. The predicted octanol–water partition coefficient (Wildman–Crippen LogP) is 4.28. The fourth-order valence-corrected chi connectivity index (χ4v) is 9.08. The molecule has 5 heteroatoms. The second-order valence-electron chi connectivity index (χ2n) is 12.3. The minimum atomic E-state index is -0.541. The van der Waals surface area contributed by atoms with Gasteiger partial charge in [0.2, 0.25) is 0 Å². The molecule has 0 bridgehead atoms. The van der Waals surface area contributed by atoms with E-state index < -0.39 is 11.2 Å². The molecule has 0 radical (unpaired) electrons. The molecule has 5 fully saturated rings. The number of hydrogen-bond acceptors (Lipinski definition) is 5. The fourth-order valence-electron chi connectivity index (χ4n) is 9.08. The lowest BCUT2D eigenvalue weighted by Gasteiger charge is -2.57. The van der Waals surface area contributed by atoms with Crippen LogP contribution >= 0.6 is 0 Å². The Bertz CT molecular complexity index is 926. The molecule has 4 aliphatic carbocycles. The van der Waals surface area contributed by atoms with Gasteiger partial charge in [0.15, 0.2) is 17.4 Å². The molecule has 0 amide bonds. The van der Waals surface area contributed by atoms with Crippen molar-refractivity contribution >= 4 is 17.3 Å². The second-order valence-corrected chi connectivity index (χ2v) is 12.3. The van der Waals surface area contributed by atoms with Crippen LogP contribution < -0.4 is 0 Å². The Hall–Kier alpha value is -1.33. The van der Waals surface area contributed by atoms with Crippen LogP contribution in [0.15, 0.2) is 11.6 Å². The largest absolute Gasteiger partial charge is 0.349 e. The van der Waals surface area contributed by atoms with Crippen LogP contribution in [0.5, 0.6) is 0 Å². The van der Waals surface area contributed by atoms with Crippen LogP contribution in [0.1, 0.15) is 72.6 Å². The molecular formula is C27H36O5. The number of ketones is 3. The SMILES string of the molecule is CC1CCC2(OC1)OC1CC3C4CC(=O)C5=CC(=O)CCC5(C)C4CC(=O)C3(C)C1C2C. The Labute approximate surface area is 190 Å². The molecule has 0 aromatic heterocycles. The summed E-state index contributed by atoms with van der Waals surface area (Å²) in [5.74, 6) is 1.40. The minimum absolute atomic E-state index is 0.0314. The van der Waals surface area contributed by atoms with Crippen LogP contribution in [0.2, 0.25) is 0 Å². The Kier molecular flexibility index (Phi) is 4.39. The first-order chi connectivity index (χ1) is 15.1. The van der Waals surface area contributed by atoms with E-state index in [4.69, 9.17) is 9.47 Å². The number of carbonyl (C=O) groups excluding carboxylic acids is 3. The summed E-state index contributed by atoms with van der Waals surface area (Å²) in [5.41, 5.74) is -0.111. The van der Waals surface area contributed by atoms with E-state index >= 15 is 0 Å². The number of carbonyl (C=O) groups is 3. The quantitative estimate of drug-likeness (QED) is 0.562. The topological polar surface area (TPSA) is 69.7 Å². The smallest absolute Gasteiger partial charge is 0.171 e. The molecule has 174 valence electrons. The third-order valence-corrected chi connectivity index (χ3v) is 10.9. The molecule has 1 spiro atoms. The predicted molar refractivity (Wildman–Crippen MR) is 117 cm³/mol. The number of fused-ring (bicyclic) bond motifs is 7. The van der Waals surface area contributed by atoms with Crippen LogP contribution in [0.4, 0.5) is 0 Å². The van der Waals surface area contributed by atoms with E-state index in [0.29, 0.717) is 43.0 Å². The molecule has 0 aromatic carbocycles. The van der Waals surface area contributed by atoms with E-state index in [9.17, 15) is 14.4 Å². The molecule has 2 saturated heterocycles.